The molecular formula is C23H29NO4S. The predicted molar refractivity (Wildman–Crippen MR) is 115 cm³/mol. The van der Waals surface area contributed by atoms with Gasteiger partial charge in [-0.15, -0.1) is 0 Å². The lowest BCUT2D eigenvalue weighted by Gasteiger charge is -2.21. The van der Waals surface area contributed by atoms with Gasteiger partial charge in [0.25, 0.3) is 5.91 Å². The van der Waals surface area contributed by atoms with Crippen molar-refractivity contribution in [3.05, 3.63) is 35.6 Å². The Hall–Kier alpha value is -1.95. The van der Waals surface area contributed by atoms with Crippen LogP contribution in [0.25, 0.3) is 11.0 Å². The lowest BCUT2D eigenvalue weighted by atomic mass is 10.0. The van der Waals surface area contributed by atoms with Crippen molar-refractivity contribution >= 4 is 34.6 Å². The van der Waals surface area contributed by atoms with Crippen LogP contribution in [0.1, 0.15) is 68.0 Å². The number of fused-ring (bicyclic) bond motifs is 1. The third kappa shape index (κ3) is 4.63. The van der Waals surface area contributed by atoms with E-state index in [1.54, 1.807) is 11.8 Å². The molecule has 5 nitrogen and oxygen atoms in total. The maximum atomic E-state index is 12.9. The molecule has 1 aromatic carbocycles. The summed E-state index contributed by atoms with van der Waals surface area (Å²) in [6, 6.07) is 7.73. The van der Waals surface area contributed by atoms with E-state index in [0.29, 0.717) is 10.8 Å². The normalized spacial score (nSPS) is 18.9. The van der Waals surface area contributed by atoms with E-state index in [4.69, 9.17) is 9.15 Å². The highest BCUT2D eigenvalue weighted by molar-refractivity contribution is 7.99. The van der Waals surface area contributed by atoms with Crippen LogP contribution < -0.4 is 0 Å². The topological polar surface area (TPSA) is 59.8 Å². The number of nitrogens with zero attached hydrogens (tertiary/aromatic N) is 1. The highest BCUT2D eigenvalue weighted by atomic mass is 32.2. The molecule has 1 aromatic heterocycles. The molecule has 1 amide bonds. The first kappa shape index (κ1) is 20.3. The predicted octanol–water partition coefficient (Wildman–Crippen LogP) is 5.17. The van der Waals surface area contributed by atoms with Crippen molar-refractivity contribution in [1.29, 1.82) is 0 Å². The van der Waals surface area contributed by atoms with Crippen LogP contribution in [0.5, 0.6) is 0 Å². The summed E-state index contributed by atoms with van der Waals surface area (Å²) in [4.78, 5) is 27.2. The molecule has 1 saturated heterocycles. The minimum absolute atomic E-state index is 0.120. The average molecular weight is 416 g/mol. The third-order valence-electron chi connectivity index (χ3n) is 5.95. The van der Waals surface area contributed by atoms with Gasteiger partial charge < -0.3 is 14.1 Å². The molecular weight excluding hydrogens is 386 g/mol. The Kier molecular flexibility index (Phi) is 6.48. The Labute approximate surface area is 176 Å². The summed E-state index contributed by atoms with van der Waals surface area (Å²) >= 11 is 1.90. The zero-order valence-corrected chi connectivity index (χ0v) is 17.8. The number of furan rings is 1. The van der Waals surface area contributed by atoms with Gasteiger partial charge in [0.15, 0.2) is 6.10 Å². The molecule has 29 heavy (non-hydrogen) atoms. The lowest BCUT2D eigenvalue weighted by Crippen LogP contribution is -2.38. The summed E-state index contributed by atoms with van der Waals surface area (Å²) in [5.74, 6) is 0.307. The van der Waals surface area contributed by atoms with E-state index in [0.717, 1.165) is 42.6 Å². The Bertz CT molecular complexity index is 865. The SMILES string of the molecule is C[C@H](OC(=O)c1oc2ccccc2c1CSC1CCCCC1)C(=O)N1CCCC1. The summed E-state index contributed by atoms with van der Waals surface area (Å²) < 4.78 is 11.4. The number of amides is 1. The largest absolute Gasteiger partial charge is 0.449 e. The van der Waals surface area contributed by atoms with E-state index >= 15 is 0 Å². The molecule has 0 bridgehead atoms. The third-order valence-corrected chi connectivity index (χ3v) is 7.35. The van der Waals surface area contributed by atoms with Crippen LogP contribution in [0.3, 0.4) is 0 Å². The molecule has 6 heteroatoms. The highest BCUT2D eigenvalue weighted by Gasteiger charge is 2.29. The van der Waals surface area contributed by atoms with Gasteiger partial charge in [-0.2, -0.15) is 11.8 Å². The summed E-state index contributed by atoms with van der Waals surface area (Å²) in [5.41, 5.74) is 1.58. The monoisotopic (exact) mass is 415 g/mol. The number of hydrogen-bond donors (Lipinski definition) is 0. The number of thioether (sulfide) groups is 1. The molecule has 0 spiro atoms. The minimum atomic E-state index is -0.798. The fourth-order valence-electron chi connectivity index (χ4n) is 4.30. The van der Waals surface area contributed by atoms with Crippen LogP contribution >= 0.6 is 11.8 Å². The number of esters is 1. The summed E-state index contributed by atoms with van der Waals surface area (Å²) in [6.45, 7) is 3.14. The van der Waals surface area contributed by atoms with Crippen molar-refractivity contribution in [2.45, 2.75) is 69.0 Å². The van der Waals surface area contributed by atoms with E-state index in [1.165, 1.54) is 32.1 Å². The van der Waals surface area contributed by atoms with Gasteiger partial charge in [-0.3, -0.25) is 4.79 Å². The lowest BCUT2D eigenvalue weighted by molar-refractivity contribution is -0.138. The number of rotatable bonds is 6. The molecule has 2 heterocycles. The zero-order chi connectivity index (χ0) is 20.2. The van der Waals surface area contributed by atoms with Gasteiger partial charge in [0, 0.05) is 35.0 Å². The molecule has 1 aliphatic heterocycles. The van der Waals surface area contributed by atoms with Crippen molar-refractivity contribution in [3.63, 3.8) is 0 Å². The summed E-state index contributed by atoms with van der Waals surface area (Å²) in [6.07, 6.45) is 7.60. The molecule has 0 unspecified atom stereocenters. The first-order chi connectivity index (χ1) is 14.1. The maximum Gasteiger partial charge on any atom is 0.375 e. The van der Waals surface area contributed by atoms with Gasteiger partial charge in [-0.05, 0) is 38.7 Å². The summed E-state index contributed by atoms with van der Waals surface area (Å²) in [7, 11) is 0. The standard InChI is InChI=1S/C23H29NO4S/c1-16(22(25)24-13-7-8-14-24)27-23(26)21-19(15-29-17-9-3-2-4-10-17)18-11-5-6-12-20(18)28-21/h5-6,11-12,16-17H,2-4,7-10,13-15H2,1H3/t16-/m0/s1. The molecule has 2 aliphatic rings. The first-order valence-electron chi connectivity index (χ1n) is 10.8. The molecule has 2 fully saturated rings. The van der Waals surface area contributed by atoms with E-state index in [2.05, 4.69) is 0 Å². The van der Waals surface area contributed by atoms with Crippen molar-refractivity contribution in [1.82, 2.24) is 4.90 Å². The second-order valence-electron chi connectivity index (χ2n) is 8.06. The Morgan fingerprint density at radius 1 is 1.14 bits per heavy atom. The smallest absolute Gasteiger partial charge is 0.375 e. The number of carbonyl (C=O) groups is 2. The van der Waals surface area contributed by atoms with Crippen molar-refractivity contribution in [3.8, 4) is 0 Å². The fraction of sp³-hybridized carbons (Fsp3) is 0.565. The van der Waals surface area contributed by atoms with Crippen LogP contribution in [-0.2, 0) is 15.3 Å². The van der Waals surface area contributed by atoms with E-state index in [-0.39, 0.29) is 11.7 Å². The Morgan fingerprint density at radius 3 is 2.62 bits per heavy atom. The van der Waals surface area contributed by atoms with Crippen LogP contribution in [0, 0.1) is 0 Å². The molecule has 2 aromatic rings. The molecule has 0 radical (unpaired) electrons. The number of benzene rings is 1. The summed E-state index contributed by atoms with van der Waals surface area (Å²) in [5, 5.41) is 1.60. The molecule has 156 valence electrons. The number of hydrogen-bond acceptors (Lipinski definition) is 5. The van der Waals surface area contributed by atoms with Crippen molar-refractivity contribution in [2.24, 2.45) is 0 Å². The second-order valence-corrected chi connectivity index (χ2v) is 9.35. The Morgan fingerprint density at radius 2 is 1.86 bits per heavy atom. The minimum Gasteiger partial charge on any atom is -0.449 e. The molecule has 1 aliphatic carbocycles. The molecule has 0 N–H and O–H groups in total. The second kappa shape index (κ2) is 9.24. The number of carbonyl (C=O) groups excluding carboxylic acids is 2. The van der Waals surface area contributed by atoms with Gasteiger partial charge >= 0.3 is 5.97 Å². The first-order valence-corrected chi connectivity index (χ1v) is 11.8. The average Bonchev–Trinajstić information content (AvgIpc) is 3.40. The van der Waals surface area contributed by atoms with Gasteiger partial charge in [0.05, 0.1) is 0 Å². The van der Waals surface area contributed by atoms with Gasteiger partial charge in [0.1, 0.15) is 5.58 Å². The van der Waals surface area contributed by atoms with Gasteiger partial charge in [0.2, 0.25) is 5.76 Å². The number of para-hydroxylation sites is 1. The number of likely N-dealkylation sites (tertiary alicyclic amines) is 1. The van der Waals surface area contributed by atoms with Crippen LogP contribution in [0.2, 0.25) is 0 Å². The van der Waals surface area contributed by atoms with Crippen molar-refractivity contribution < 1.29 is 18.7 Å². The Balaban J connectivity index is 1.50. The maximum absolute atomic E-state index is 12.9. The number of ether oxygens (including phenoxy) is 1. The van der Waals surface area contributed by atoms with E-state index in [1.807, 2.05) is 36.0 Å². The van der Waals surface area contributed by atoms with Crippen molar-refractivity contribution in [2.75, 3.05) is 13.1 Å². The molecule has 1 saturated carbocycles. The highest BCUT2D eigenvalue weighted by Crippen LogP contribution is 2.35. The van der Waals surface area contributed by atoms with Gasteiger partial charge in [-0.25, -0.2) is 4.79 Å². The fourth-order valence-corrected chi connectivity index (χ4v) is 5.65. The van der Waals surface area contributed by atoms with Gasteiger partial charge in [-0.1, -0.05) is 37.5 Å². The molecule has 1 atom stereocenters. The van der Waals surface area contributed by atoms with Crippen LogP contribution in [-0.4, -0.2) is 41.2 Å². The quantitative estimate of drug-likeness (QED) is 0.610. The zero-order valence-electron chi connectivity index (χ0n) is 17.0. The van der Waals surface area contributed by atoms with Crippen LogP contribution in [0.4, 0.5) is 0 Å². The van der Waals surface area contributed by atoms with Crippen LogP contribution in [0.15, 0.2) is 28.7 Å². The van der Waals surface area contributed by atoms with E-state index < -0.39 is 12.1 Å². The van der Waals surface area contributed by atoms with E-state index in [9.17, 15) is 9.59 Å². The molecule has 4 rings (SSSR count).